The number of hydrogen-bond acceptors (Lipinski definition) is 5. The quantitative estimate of drug-likeness (QED) is 0.463. The van der Waals surface area contributed by atoms with Crippen molar-refractivity contribution in [3.8, 4) is 11.5 Å². The number of aryl methyl sites for hydroxylation is 1. The standard InChI is InChI=1S/C23H19N7O/c31-22(28-19-10-6-14-25-23(19)29-16-24-15-26-29)13-12-21-27-18-9-4-5-11-20(18)30(21)17-7-2-1-3-8-17/h1-11,14-16H,12-13H2,(H,28,31). The highest BCUT2D eigenvalue weighted by molar-refractivity contribution is 5.92. The first-order valence-electron chi connectivity index (χ1n) is 9.91. The summed E-state index contributed by atoms with van der Waals surface area (Å²) >= 11 is 0. The van der Waals surface area contributed by atoms with Gasteiger partial charge in [0, 0.05) is 24.7 Å². The summed E-state index contributed by atoms with van der Waals surface area (Å²) in [5, 5.41) is 7.03. The number of pyridine rings is 1. The van der Waals surface area contributed by atoms with E-state index in [1.165, 1.54) is 11.0 Å². The summed E-state index contributed by atoms with van der Waals surface area (Å²) in [4.78, 5) is 25.8. The van der Waals surface area contributed by atoms with E-state index in [4.69, 9.17) is 4.98 Å². The van der Waals surface area contributed by atoms with Gasteiger partial charge < -0.3 is 5.32 Å². The maximum absolute atomic E-state index is 12.7. The van der Waals surface area contributed by atoms with E-state index in [1.807, 2.05) is 54.6 Å². The molecule has 1 amide bonds. The van der Waals surface area contributed by atoms with E-state index in [2.05, 4.69) is 25.0 Å². The van der Waals surface area contributed by atoms with Crippen molar-refractivity contribution in [2.24, 2.45) is 0 Å². The van der Waals surface area contributed by atoms with Crippen LogP contribution in [0.25, 0.3) is 22.5 Å². The first-order valence-corrected chi connectivity index (χ1v) is 9.91. The van der Waals surface area contributed by atoms with Crippen LogP contribution in [-0.2, 0) is 11.2 Å². The molecule has 0 aliphatic rings. The fourth-order valence-corrected chi connectivity index (χ4v) is 3.54. The van der Waals surface area contributed by atoms with E-state index >= 15 is 0 Å². The third-order valence-corrected chi connectivity index (χ3v) is 4.92. The van der Waals surface area contributed by atoms with Gasteiger partial charge in [-0.1, -0.05) is 30.3 Å². The van der Waals surface area contributed by atoms with Crippen LogP contribution in [0.4, 0.5) is 5.69 Å². The molecule has 152 valence electrons. The SMILES string of the molecule is O=C(CCc1nc2ccccc2n1-c1ccccc1)Nc1cccnc1-n1cncn1. The highest BCUT2D eigenvalue weighted by atomic mass is 16.1. The van der Waals surface area contributed by atoms with E-state index in [9.17, 15) is 4.79 Å². The number of amides is 1. The Labute approximate surface area is 178 Å². The summed E-state index contributed by atoms with van der Waals surface area (Å²) in [5.41, 5.74) is 3.52. The van der Waals surface area contributed by atoms with E-state index in [0.717, 1.165) is 22.5 Å². The second-order valence-corrected chi connectivity index (χ2v) is 6.95. The molecule has 2 aromatic carbocycles. The molecule has 5 aromatic rings. The number of aromatic nitrogens is 6. The largest absolute Gasteiger partial charge is 0.323 e. The summed E-state index contributed by atoms with van der Waals surface area (Å²) in [6.07, 6.45) is 5.39. The minimum absolute atomic E-state index is 0.124. The van der Waals surface area contributed by atoms with Crippen molar-refractivity contribution in [1.29, 1.82) is 0 Å². The van der Waals surface area contributed by atoms with Gasteiger partial charge in [0.05, 0.1) is 16.7 Å². The Morgan fingerprint density at radius 3 is 2.65 bits per heavy atom. The summed E-state index contributed by atoms with van der Waals surface area (Å²) in [5.74, 6) is 1.23. The van der Waals surface area contributed by atoms with Crippen molar-refractivity contribution in [1.82, 2.24) is 29.3 Å². The number of nitrogens with zero attached hydrogens (tertiary/aromatic N) is 6. The van der Waals surface area contributed by atoms with Gasteiger partial charge >= 0.3 is 0 Å². The number of para-hydroxylation sites is 3. The van der Waals surface area contributed by atoms with Crippen molar-refractivity contribution in [2.75, 3.05) is 5.32 Å². The Morgan fingerprint density at radius 1 is 0.968 bits per heavy atom. The van der Waals surface area contributed by atoms with E-state index < -0.39 is 0 Å². The van der Waals surface area contributed by atoms with Crippen molar-refractivity contribution in [2.45, 2.75) is 12.8 Å². The second-order valence-electron chi connectivity index (χ2n) is 6.95. The molecule has 8 heteroatoms. The third kappa shape index (κ3) is 3.78. The Morgan fingerprint density at radius 2 is 1.81 bits per heavy atom. The highest BCUT2D eigenvalue weighted by Gasteiger charge is 2.15. The number of anilines is 1. The molecule has 0 spiro atoms. The minimum atomic E-state index is -0.124. The molecule has 0 unspecified atom stereocenters. The number of carbonyl (C=O) groups is 1. The maximum atomic E-state index is 12.7. The average molecular weight is 409 g/mol. The molecule has 3 aromatic heterocycles. The molecule has 1 N–H and O–H groups in total. The topological polar surface area (TPSA) is 90.5 Å². The molecule has 0 saturated carbocycles. The van der Waals surface area contributed by atoms with Crippen LogP contribution >= 0.6 is 0 Å². The van der Waals surface area contributed by atoms with Crippen LogP contribution in [0.1, 0.15) is 12.2 Å². The first kappa shape index (κ1) is 18.7. The number of fused-ring (bicyclic) bond motifs is 1. The number of imidazole rings is 1. The molecular formula is C23H19N7O. The molecule has 0 bridgehead atoms. The second kappa shape index (κ2) is 8.19. The van der Waals surface area contributed by atoms with Gasteiger partial charge in [-0.25, -0.2) is 19.6 Å². The molecule has 0 fully saturated rings. The van der Waals surface area contributed by atoms with Crippen LogP contribution in [0.5, 0.6) is 0 Å². The van der Waals surface area contributed by atoms with Crippen LogP contribution < -0.4 is 5.32 Å². The predicted molar refractivity (Wildman–Crippen MR) is 117 cm³/mol. The predicted octanol–water partition coefficient (Wildman–Crippen LogP) is 3.57. The number of carbonyl (C=O) groups excluding carboxylic acids is 1. The van der Waals surface area contributed by atoms with Crippen LogP contribution in [-0.4, -0.2) is 35.2 Å². The van der Waals surface area contributed by atoms with E-state index in [-0.39, 0.29) is 12.3 Å². The van der Waals surface area contributed by atoms with Gasteiger partial charge in [-0.05, 0) is 36.4 Å². The van der Waals surface area contributed by atoms with Gasteiger partial charge in [-0.3, -0.25) is 9.36 Å². The van der Waals surface area contributed by atoms with E-state index in [1.54, 1.807) is 24.7 Å². The summed E-state index contributed by atoms with van der Waals surface area (Å²) in [7, 11) is 0. The van der Waals surface area contributed by atoms with Gasteiger partial charge in [0.2, 0.25) is 5.91 Å². The highest BCUT2D eigenvalue weighted by Crippen LogP contribution is 2.23. The fraction of sp³-hybridized carbons (Fsp3) is 0.0870. The molecule has 0 aliphatic carbocycles. The zero-order chi connectivity index (χ0) is 21.0. The van der Waals surface area contributed by atoms with Gasteiger partial charge in [0.15, 0.2) is 5.82 Å². The number of rotatable bonds is 6. The molecule has 0 radical (unpaired) electrons. The zero-order valence-corrected chi connectivity index (χ0v) is 16.6. The van der Waals surface area contributed by atoms with Crippen LogP contribution in [0, 0.1) is 0 Å². The molecule has 0 aliphatic heterocycles. The minimum Gasteiger partial charge on any atom is -0.323 e. The van der Waals surface area contributed by atoms with Gasteiger partial charge in [0.25, 0.3) is 0 Å². The molecule has 31 heavy (non-hydrogen) atoms. The Bertz CT molecular complexity index is 1330. The molecule has 3 heterocycles. The lowest BCUT2D eigenvalue weighted by molar-refractivity contribution is -0.116. The molecular weight excluding hydrogens is 390 g/mol. The smallest absolute Gasteiger partial charge is 0.224 e. The summed E-state index contributed by atoms with van der Waals surface area (Å²) in [6, 6.07) is 21.6. The number of nitrogens with one attached hydrogen (secondary N) is 1. The molecule has 5 rings (SSSR count). The monoisotopic (exact) mass is 409 g/mol. The van der Waals surface area contributed by atoms with Crippen molar-refractivity contribution >= 4 is 22.6 Å². The maximum Gasteiger partial charge on any atom is 0.224 e. The normalized spacial score (nSPS) is 11.0. The van der Waals surface area contributed by atoms with Crippen LogP contribution in [0.3, 0.4) is 0 Å². The van der Waals surface area contributed by atoms with E-state index in [0.29, 0.717) is 17.9 Å². The summed E-state index contributed by atoms with van der Waals surface area (Å²) < 4.78 is 3.62. The first-order chi connectivity index (χ1) is 15.3. The zero-order valence-electron chi connectivity index (χ0n) is 16.6. The van der Waals surface area contributed by atoms with Crippen molar-refractivity contribution in [3.05, 3.63) is 91.4 Å². The Hall–Kier alpha value is -4.33. The number of hydrogen-bond donors (Lipinski definition) is 1. The third-order valence-electron chi connectivity index (χ3n) is 4.92. The molecule has 0 atom stereocenters. The lowest BCUT2D eigenvalue weighted by atomic mass is 10.2. The van der Waals surface area contributed by atoms with Gasteiger partial charge in [-0.2, -0.15) is 5.10 Å². The Balaban J connectivity index is 1.38. The number of benzene rings is 2. The summed E-state index contributed by atoms with van der Waals surface area (Å²) in [6.45, 7) is 0. The lowest BCUT2D eigenvalue weighted by Crippen LogP contribution is -2.16. The average Bonchev–Trinajstić information content (AvgIpc) is 3.47. The van der Waals surface area contributed by atoms with Crippen LogP contribution in [0.15, 0.2) is 85.6 Å². The van der Waals surface area contributed by atoms with Gasteiger partial charge in [0.1, 0.15) is 18.5 Å². The van der Waals surface area contributed by atoms with Crippen LogP contribution in [0.2, 0.25) is 0 Å². The van der Waals surface area contributed by atoms with Crippen molar-refractivity contribution in [3.63, 3.8) is 0 Å². The van der Waals surface area contributed by atoms with Gasteiger partial charge in [-0.15, -0.1) is 0 Å². The molecule has 0 saturated heterocycles. The molecule has 8 nitrogen and oxygen atoms in total. The Kier molecular flexibility index (Phi) is 4.94. The lowest BCUT2D eigenvalue weighted by Gasteiger charge is -2.11. The van der Waals surface area contributed by atoms with Crippen molar-refractivity contribution < 1.29 is 4.79 Å². The fourth-order valence-electron chi connectivity index (χ4n) is 3.54.